The van der Waals surface area contributed by atoms with E-state index in [0.29, 0.717) is 0 Å². The Morgan fingerprint density at radius 1 is 1.33 bits per heavy atom. The summed E-state index contributed by atoms with van der Waals surface area (Å²) in [5.41, 5.74) is 7.60. The Morgan fingerprint density at radius 2 is 2.14 bits per heavy atom. The lowest BCUT2D eigenvalue weighted by atomic mass is 10.0. The second-order valence-corrected chi connectivity index (χ2v) is 5.35. The summed E-state index contributed by atoms with van der Waals surface area (Å²) in [5, 5.41) is 0. The molecule has 5 nitrogen and oxygen atoms in total. The molecule has 3 N–H and O–H groups in total. The van der Waals surface area contributed by atoms with Crippen molar-refractivity contribution in [3.63, 3.8) is 0 Å². The van der Waals surface area contributed by atoms with Crippen molar-refractivity contribution in [1.82, 2.24) is 14.9 Å². The molecule has 21 heavy (non-hydrogen) atoms. The van der Waals surface area contributed by atoms with Gasteiger partial charge in [0, 0.05) is 6.54 Å². The molecule has 1 aliphatic heterocycles. The van der Waals surface area contributed by atoms with E-state index in [1.165, 1.54) is 0 Å². The molecule has 1 aromatic heterocycles. The number of nitrogens with one attached hydrogen (secondary N) is 1. The number of carbonyl (C=O) groups excluding carboxylic acids is 1. The third-order valence-electron chi connectivity index (χ3n) is 3.99. The number of hydrogen-bond acceptors (Lipinski definition) is 3. The number of nitrogens with two attached hydrogens (primary N) is 1. The zero-order valence-corrected chi connectivity index (χ0v) is 12.0. The zero-order chi connectivity index (χ0) is 14.7. The van der Waals surface area contributed by atoms with Gasteiger partial charge in [-0.25, -0.2) is 4.98 Å². The molecule has 0 saturated carbocycles. The lowest BCUT2D eigenvalue weighted by molar-refractivity contribution is -0.133. The molecule has 0 bridgehead atoms. The van der Waals surface area contributed by atoms with E-state index in [-0.39, 0.29) is 18.5 Å². The smallest absolute Gasteiger partial charge is 0.236 e. The highest BCUT2D eigenvalue weighted by Gasteiger charge is 2.29. The van der Waals surface area contributed by atoms with Crippen LogP contribution < -0.4 is 5.73 Å². The highest BCUT2D eigenvalue weighted by molar-refractivity contribution is 5.78. The number of hydrogen-bond donors (Lipinski definition) is 2. The first-order chi connectivity index (χ1) is 10.3. The topological polar surface area (TPSA) is 75.0 Å². The van der Waals surface area contributed by atoms with Gasteiger partial charge < -0.3 is 15.6 Å². The van der Waals surface area contributed by atoms with Crippen LogP contribution in [0.5, 0.6) is 0 Å². The van der Waals surface area contributed by atoms with Gasteiger partial charge in [0.1, 0.15) is 5.82 Å². The quantitative estimate of drug-likeness (QED) is 0.906. The summed E-state index contributed by atoms with van der Waals surface area (Å²) in [4.78, 5) is 21.7. The maximum Gasteiger partial charge on any atom is 0.236 e. The number of amides is 1. The molecule has 1 aromatic carbocycles. The minimum atomic E-state index is -0.00244. The van der Waals surface area contributed by atoms with Gasteiger partial charge in [-0.15, -0.1) is 0 Å². The first kappa shape index (κ1) is 13.8. The fourth-order valence-corrected chi connectivity index (χ4v) is 2.90. The van der Waals surface area contributed by atoms with Crippen molar-refractivity contribution in [3.05, 3.63) is 42.4 Å². The zero-order valence-electron chi connectivity index (χ0n) is 12.0. The van der Waals surface area contributed by atoms with Crippen LogP contribution in [-0.4, -0.2) is 33.9 Å². The van der Waals surface area contributed by atoms with Crippen LogP contribution in [0.25, 0.3) is 11.3 Å². The number of aromatic nitrogens is 2. The molecular weight excluding hydrogens is 264 g/mol. The van der Waals surface area contributed by atoms with Crippen LogP contribution in [0.15, 0.2) is 36.5 Å². The molecule has 0 aliphatic carbocycles. The van der Waals surface area contributed by atoms with Gasteiger partial charge in [-0.3, -0.25) is 4.79 Å². The van der Waals surface area contributed by atoms with E-state index in [9.17, 15) is 4.79 Å². The summed E-state index contributed by atoms with van der Waals surface area (Å²) in [6, 6.07) is 10.1. The highest BCUT2D eigenvalue weighted by atomic mass is 16.2. The predicted molar refractivity (Wildman–Crippen MR) is 81.4 cm³/mol. The molecule has 2 heterocycles. The molecule has 1 unspecified atom stereocenters. The third kappa shape index (κ3) is 2.83. The number of carbonyl (C=O) groups is 1. The summed E-state index contributed by atoms with van der Waals surface area (Å²) in [7, 11) is 0. The van der Waals surface area contributed by atoms with Crippen molar-refractivity contribution in [2.24, 2.45) is 5.73 Å². The average Bonchev–Trinajstić information content (AvgIpc) is 3.05. The number of aromatic amines is 1. The van der Waals surface area contributed by atoms with E-state index in [0.717, 1.165) is 42.9 Å². The summed E-state index contributed by atoms with van der Waals surface area (Å²) in [6.07, 6.45) is 4.92. The fraction of sp³-hybridized carbons (Fsp3) is 0.375. The number of likely N-dealkylation sites (tertiary alicyclic amines) is 1. The Labute approximate surface area is 124 Å². The molecule has 2 aromatic rings. The second kappa shape index (κ2) is 6.10. The van der Waals surface area contributed by atoms with Gasteiger partial charge in [-0.2, -0.15) is 0 Å². The molecular formula is C16H20N4O. The second-order valence-electron chi connectivity index (χ2n) is 5.35. The lowest BCUT2D eigenvalue weighted by Crippen LogP contribution is -2.42. The molecule has 1 fully saturated rings. The number of piperidine rings is 1. The van der Waals surface area contributed by atoms with E-state index in [2.05, 4.69) is 9.97 Å². The van der Waals surface area contributed by atoms with E-state index in [4.69, 9.17) is 5.73 Å². The first-order valence-corrected chi connectivity index (χ1v) is 7.39. The third-order valence-corrected chi connectivity index (χ3v) is 3.99. The molecule has 1 aliphatic rings. The predicted octanol–water partition coefficient (Wildman–Crippen LogP) is 2.09. The van der Waals surface area contributed by atoms with Gasteiger partial charge in [-0.05, 0) is 24.8 Å². The van der Waals surface area contributed by atoms with Gasteiger partial charge >= 0.3 is 0 Å². The summed E-state index contributed by atoms with van der Waals surface area (Å²) < 4.78 is 0. The van der Waals surface area contributed by atoms with Gasteiger partial charge in [0.15, 0.2) is 0 Å². The summed E-state index contributed by atoms with van der Waals surface area (Å²) in [6.45, 7) is 0.824. The standard InChI is InChI=1S/C16H20N4O/c17-10-15(21)20-9-5-4-8-14(20)16-18-11-13(19-16)12-6-2-1-3-7-12/h1-3,6-7,11,14H,4-5,8-10,17H2,(H,18,19). The number of benzene rings is 1. The van der Waals surface area contributed by atoms with Crippen molar-refractivity contribution in [2.75, 3.05) is 13.1 Å². The minimum Gasteiger partial charge on any atom is -0.340 e. The number of H-pyrrole nitrogens is 1. The van der Waals surface area contributed by atoms with E-state index >= 15 is 0 Å². The van der Waals surface area contributed by atoms with E-state index in [1.807, 2.05) is 41.4 Å². The van der Waals surface area contributed by atoms with Crippen LogP contribution >= 0.6 is 0 Å². The maximum atomic E-state index is 12.0. The Kier molecular flexibility index (Phi) is 4.01. The van der Waals surface area contributed by atoms with E-state index < -0.39 is 0 Å². The monoisotopic (exact) mass is 284 g/mol. The normalized spacial score (nSPS) is 18.7. The largest absolute Gasteiger partial charge is 0.340 e. The van der Waals surface area contributed by atoms with Crippen LogP contribution in [0.3, 0.4) is 0 Å². The first-order valence-electron chi connectivity index (χ1n) is 7.39. The van der Waals surface area contributed by atoms with Crippen LogP contribution in [0, 0.1) is 0 Å². The molecule has 0 spiro atoms. The lowest BCUT2D eigenvalue weighted by Gasteiger charge is -2.34. The Hall–Kier alpha value is -2.14. The van der Waals surface area contributed by atoms with Gasteiger partial charge in [-0.1, -0.05) is 30.3 Å². The summed E-state index contributed by atoms with van der Waals surface area (Å²) in [5.74, 6) is 0.854. The van der Waals surface area contributed by atoms with Crippen LogP contribution in [0.1, 0.15) is 31.1 Å². The molecule has 1 amide bonds. The van der Waals surface area contributed by atoms with E-state index in [1.54, 1.807) is 0 Å². The molecule has 1 atom stereocenters. The van der Waals surface area contributed by atoms with Crippen molar-refractivity contribution in [2.45, 2.75) is 25.3 Å². The highest BCUT2D eigenvalue weighted by Crippen LogP contribution is 2.30. The minimum absolute atomic E-state index is 0.00244. The molecule has 5 heteroatoms. The average molecular weight is 284 g/mol. The summed E-state index contributed by atoms with van der Waals surface area (Å²) >= 11 is 0. The molecule has 110 valence electrons. The molecule has 0 radical (unpaired) electrons. The van der Waals surface area contributed by atoms with Gasteiger partial charge in [0.2, 0.25) is 5.91 Å². The van der Waals surface area contributed by atoms with Crippen molar-refractivity contribution in [3.8, 4) is 11.3 Å². The van der Waals surface area contributed by atoms with Crippen molar-refractivity contribution >= 4 is 5.91 Å². The Balaban J connectivity index is 1.86. The van der Waals surface area contributed by atoms with Crippen LogP contribution in [-0.2, 0) is 4.79 Å². The number of nitrogens with zero attached hydrogens (tertiary/aromatic N) is 2. The van der Waals surface area contributed by atoms with Crippen LogP contribution in [0.4, 0.5) is 0 Å². The van der Waals surface area contributed by atoms with Crippen molar-refractivity contribution < 1.29 is 4.79 Å². The van der Waals surface area contributed by atoms with Gasteiger partial charge in [0.05, 0.1) is 24.5 Å². The Bertz CT molecular complexity index is 608. The number of rotatable bonds is 3. The molecule has 1 saturated heterocycles. The van der Waals surface area contributed by atoms with Gasteiger partial charge in [0.25, 0.3) is 0 Å². The SMILES string of the molecule is NCC(=O)N1CCCCC1c1ncc(-c2ccccc2)[nH]1. The maximum absolute atomic E-state index is 12.0. The Morgan fingerprint density at radius 3 is 2.90 bits per heavy atom. The van der Waals surface area contributed by atoms with Crippen molar-refractivity contribution in [1.29, 1.82) is 0 Å². The molecule has 3 rings (SSSR count). The fourth-order valence-electron chi connectivity index (χ4n) is 2.90. The number of imidazole rings is 1. The van der Waals surface area contributed by atoms with Crippen LogP contribution in [0.2, 0.25) is 0 Å².